The lowest BCUT2D eigenvalue weighted by atomic mass is 10.0. The summed E-state index contributed by atoms with van der Waals surface area (Å²) in [7, 11) is 0. The summed E-state index contributed by atoms with van der Waals surface area (Å²) in [6, 6.07) is 19.7. The molecule has 0 aliphatic rings. The third kappa shape index (κ3) is 5.52. The van der Waals surface area contributed by atoms with Gasteiger partial charge in [0.05, 0.1) is 23.6 Å². The van der Waals surface area contributed by atoms with E-state index < -0.39 is 5.97 Å². The second-order valence-corrected chi connectivity index (χ2v) is 8.45. The van der Waals surface area contributed by atoms with E-state index in [1.165, 1.54) is 0 Å². The first-order valence-electron chi connectivity index (χ1n) is 11.3. The highest BCUT2D eigenvalue weighted by molar-refractivity contribution is 5.67. The number of hydrogen-bond donors (Lipinski definition) is 1. The Labute approximate surface area is 199 Å². The number of ether oxygens (including phenoxy) is 1. The van der Waals surface area contributed by atoms with E-state index in [-0.39, 0.29) is 12.3 Å². The fraction of sp³-hybridized carbons (Fsp3) is 0.250. The van der Waals surface area contributed by atoms with Crippen molar-refractivity contribution in [2.24, 2.45) is 0 Å². The molecule has 0 radical (unpaired) electrons. The zero-order valence-electron chi connectivity index (χ0n) is 19.6. The Bertz CT molecular complexity index is 1260. The first-order valence-corrected chi connectivity index (χ1v) is 11.3. The Balaban J connectivity index is 1.41. The van der Waals surface area contributed by atoms with E-state index in [9.17, 15) is 4.79 Å². The summed E-state index contributed by atoms with van der Waals surface area (Å²) in [5.74, 6) is 1.30. The van der Waals surface area contributed by atoms with Crippen LogP contribution in [0.1, 0.15) is 41.8 Å². The molecule has 1 unspecified atom stereocenters. The summed E-state index contributed by atoms with van der Waals surface area (Å²) >= 11 is 0. The zero-order valence-corrected chi connectivity index (χ0v) is 19.6. The molecule has 2 heterocycles. The van der Waals surface area contributed by atoms with E-state index in [2.05, 4.69) is 11.9 Å². The van der Waals surface area contributed by atoms with E-state index in [1.54, 1.807) is 6.20 Å². The van der Waals surface area contributed by atoms with Crippen molar-refractivity contribution in [2.75, 3.05) is 6.61 Å². The van der Waals surface area contributed by atoms with Crippen LogP contribution in [0.4, 0.5) is 0 Å². The number of carbonyl (C=O) groups is 1. The maximum absolute atomic E-state index is 10.8. The molecule has 4 rings (SSSR count). The Morgan fingerprint density at radius 3 is 2.53 bits per heavy atom. The number of benzene rings is 2. The number of pyridine rings is 1. The lowest BCUT2D eigenvalue weighted by molar-refractivity contribution is -0.136. The second-order valence-electron chi connectivity index (χ2n) is 8.45. The van der Waals surface area contributed by atoms with Gasteiger partial charge < -0.3 is 14.3 Å². The third-order valence-electron chi connectivity index (χ3n) is 5.80. The standard InChI is InChI=1S/C28H28N2O4/c1-18-15-24(12-9-21(18)11-14-26(31)32)33-17-19(2)27-20(3)34-28(30-27)23-10-13-25(29-16-23)22-7-5-4-6-8-22/h4-10,12-13,15-16,19H,11,14,17H2,1-3H3,(H,31,32). The van der Waals surface area contributed by atoms with Crippen molar-refractivity contribution in [1.82, 2.24) is 9.97 Å². The van der Waals surface area contributed by atoms with Crippen molar-refractivity contribution in [3.05, 3.63) is 89.4 Å². The van der Waals surface area contributed by atoms with Crippen LogP contribution in [0, 0.1) is 13.8 Å². The van der Waals surface area contributed by atoms with E-state index in [4.69, 9.17) is 19.2 Å². The number of nitrogens with zero attached hydrogens (tertiary/aromatic N) is 2. The molecule has 34 heavy (non-hydrogen) atoms. The minimum Gasteiger partial charge on any atom is -0.493 e. The summed E-state index contributed by atoms with van der Waals surface area (Å²) in [4.78, 5) is 20.1. The highest BCUT2D eigenvalue weighted by Gasteiger charge is 2.18. The molecule has 6 heteroatoms. The van der Waals surface area contributed by atoms with Crippen LogP contribution in [0.25, 0.3) is 22.7 Å². The van der Waals surface area contributed by atoms with Gasteiger partial charge in [0, 0.05) is 24.1 Å². The summed E-state index contributed by atoms with van der Waals surface area (Å²) in [5.41, 5.74) is 5.70. The van der Waals surface area contributed by atoms with Gasteiger partial charge in [-0.1, -0.05) is 43.3 Å². The molecular weight excluding hydrogens is 428 g/mol. The number of aromatic nitrogens is 2. The molecule has 1 atom stereocenters. The maximum Gasteiger partial charge on any atom is 0.303 e. The van der Waals surface area contributed by atoms with Gasteiger partial charge >= 0.3 is 5.97 Å². The number of aryl methyl sites for hydroxylation is 3. The first kappa shape index (κ1) is 23.2. The van der Waals surface area contributed by atoms with Gasteiger partial charge in [-0.2, -0.15) is 0 Å². The Kier molecular flexibility index (Phi) is 7.07. The van der Waals surface area contributed by atoms with E-state index in [0.29, 0.717) is 18.9 Å². The van der Waals surface area contributed by atoms with Crippen molar-refractivity contribution in [3.8, 4) is 28.5 Å². The topological polar surface area (TPSA) is 85.5 Å². The van der Waals surface area contributed by atoms with Crippen LogP contribution >= 0.6 is 0 Å². The maximum atomic E-state index is 10.8. The molecular formula is C28H28N2O4. The van der Waals surface area contributed by atoms with Crippen LogP contribution in [0.5, 0.6) is 5.75 Å². The highest BCUT2D eigenvalue weighted by atomic mass is 16.5. The summed E-state index contributed by atoms with van der Waals surface area (Å²) in [6.07, 6.45) is 2.42. The van der Waals surface area contributed by atoms with Gasteiger partial charge in [0.1, 0.15) is 11.5 Å². The molecule has 6 nitrogen and oxygen atoms in total. The average Bonchev–Trinajstić information content (AvgIpc) is 3.24. The van der Waals surface area contributed by atoms with Gasteiger partial charge in [0.25, 0.3) is 0 Å². The monoisotopic (exact) mass is 456 g/mol. The van der Waals surface area contributed by atoms with Gasteiger partial charge in [0.15, 0.2) is 0 Å². The number of aliphatic carboxylic acids is 1. The van der Waals surface area contributed by atoms with Crippen LogP contribution in [0.3, 0.4) is 0 Å². The summed E-state index contributed by atoms with van der Waals surface area (Å²) in [5, 5.41) is 8.89. The molecule has 4 aromatic rings. The molecule has 1 N–H and O–H groups in total. The minimum atomic E-state index is -0.793. The fourth-order valence-electron chi connectivity index (χ4n) is 3.87. The van der Waals surface area contributed by atoms with Crippen molar-refractivity contribution < 1.29 is 19.1 Å². The number of carboxylic acids is 1. The van der Waals surface area contributed by atoms with Crippen LogP contribution in [-0.4, -0.2) is 27.7 Å². The quantitative estimate of drug-likeness (QED) is 0.322. The number of oxazole rings is 1. The molecule has 0 fully saturated rings. The van der Waals surface area contributed by atoms with Crippen molar-refractivity contribution >= 4 is 5.97 Å². The molecule has 0 bridgehead atoms. The van der Waals surface area contributed by atoms with Gasteiger partial charge in [-0.15, -0.1) is 0 Å². The highest BCUT2D eigenvalue weighted by Crippen LogP contribution is 2.28. The summed E-state index contributed by atoms with van der Waals surface area (Å²) in [6.45, 7) is 6.39. The molecule has 0 amide bonds. The normalized spacial score (nSPS) is 11.9. The van der Waals surface area contributed by atoms with Crippen LogP contribution in [0.15, 0.2) is 71.3 Å². The average molecular weight is 457 g/mol. The largest absolute Gasteiger partial charge is 0.493 e. The Hall–Kier alpha value is -3.93. The van der Waals surface area contributed by atoms with Crippen LogP contribution in [0.2, 0.25) is 0 Å². The van der Waals surface area contributed by atoms with Crippen molar-refractivity contribution in [3.63, 3.8) is 0 Å². The van der Waals surface area contributed by atoms with E-state index >= 15 is 0 Å². The number of hydrogen-bond acceptors (Lipinski definition) is 5. The molecule has 0 spiro atoms. The van der Waals surface area contributed by atoms with Gasteiger partial charge in [-0.05, 0) is 55.7 Å². The first-order chi connectivity index (χ1) is 16.4. The van der Waals surface area contributed by atoms with E-state index in [1.807, 2.05) is 74.5 Å². The third-order valence-corrected chi connectivity index (χ3v) is 5.80. The molecule has 2 aromatic carbocycles. The molecule has 0 aliphatic carbocycles. The summed E-state index contributed by atoms with van der Waals surface area (Å²) < 4.78 is 12.0. The zero-order chi connectivity index (χ0) is 24.1. The molecule has 0 saturated heterocycles. The fourth-order valence-corrected chi connectivity index (χ4v) is 3.87. The van der Waals surface area contributed by atoms with Crippen molar-refractivity contribution in [1.29, 1.82) is 0 Å². The molecule has 0 saturated carbocycles. The van der Waals surface area contributed by atoms with Crippen LogP contribution < -0.4 is 4.74 Å². The molecule has 0 aliphatic heterocycles. The predicted octanol–water partition coefficient (Wildman–Crippen LogP) is 6.22. The second kappa shape index (κ2) is 10.3. The predicted molar refractivity (Wildman–Crippen MR) is 131 cm³/mol. The molecule has 174 valence electrons. The van der Waals surface area contributed by atoms with Crippen molar-refractivity contribution in [2.45, 2.75) is 39.5 Å². The lowest BCUT2D eigenvalue weighted by Crippen LogP contribution is -2.09. The smallest absolute Gasteiger partial charge is 0.303 e. The Morgan fingerprint density at radius 1 is 1.06 bits per heavy atom. The lowest BCUT2D eigenvalue weighted by Gasteiger charge is -2.13. The van der Waals surface area contributed by atoms with E-state index in [0.717, 1.165) is 45.2 Å². The van der Waals surface area contributed by atoms with Gasteiger partial charge in [-0.3, -0.25) is 9.78 Å². The van der Waals surface area contributed by atoms with Crippen LogP contribution in [-0.2, 0) is 11.2 Å². The minimum absolute atomic E-state index is 0.0287. The SMILES string of the molecule is Cc1cc(OCC(C)c2nc(-c3ccc(-c4ccccc4)nc3)oc2C)ccc1CCC(=O)O. The number of rotatable bonds is 9. The van der Waals surface area contributed by atoms with Gasteiger partial charge in [0.2, 0.25) is 5.89 Å². The van der Waals surface area contributed by atoms with Gasteiger partial charge in [-0.25, -0.2) is 4.98 Å². The Morgan fingerprint density at radius 2 is 1.85 bits per heavy atom. The number of carboxylic acid groups (broad SMARTS) is 1. The molecule has 2 aromatic heterocycles.